The van der Waals surface area contributed by atoms with Crippen LogP contribution in [0, 0.1) is 5.82 Å². The van der Waals surface area contributed by atoms with Crippen molar-refractivity contribution in [1.82, 2.24) is 29.7 Å². The van der Waals surface area contributed by atoms with E-state index in [1.807, 2.05) is 42.5 Å². The van der Waals surface area contributed by atoms with Gasteiger partial charge < -0.3 is 35.2 Å². The van der Waals surface area contributed by atoms with Gasteiger partial charge in [-0.1, -0.05) is 24.3 Å². The molecule has 5 heterocycles. The van der Waals surface area contributed by atoms with E-state index in [1.165, 1.54) is 12.4 Å². The summed E-state index contributed by atoms with van der Waals surface area (Å²) in [6.07, 6.45) is 7.19. The van der Waals surface area contributed by atoms with Crippen molar-refractivity contribution >= 4 is 57.7 Å². The number of amides is 2. The second-order valence-corrected chi connectivity index (χ2v) is 12.1. The molecule has 0 aliphatic carbocycles. The first-order chi connectivity index (χ1) is 24.4. The van der Waals surface area contributed by atoms with Gasteiger partial charge in [-0.2, -0.15) is 5.10 Å². The number of carbonyl (C=O) groups is 2. The molecule has 7 rings (SSSR count). The molecule has 2 aromatic carbocycles. The van der Waals surface area contributed by atoms with Crippen molar-refractivity contribution in [2.45, 2.75) is 12.8 Å². The molecule has 0 unspecified atom stereocenters. The third kappa shape index (κ3) is 6.39. The molecule has 0 spiro atoms. The summed E-state index contributed by atoms with van der Waals surface area (Å²) in [4.78, 5) is 51.8. The molecule has 5 aromatic rings. The Balaban J connectivity index is 0.00000261. The summed E-state index contributed by atoms with van der Waals surface area (Å²) in [7, 11) is 1.59. The number of hydrogen-bond donors (Lipinski definition) is 3. The van der Waals surface area contributed by atoms with Crippen molar-refractivity contribution in [2.75, 3.05) is 57.8 Å². The van der Waals surface area contributed by atoms with Crippen molar-refractivity contribution in [3.63, 3.8) is 0 Å². The molecule has 50 heavy (non-hydrogen) atoms. The minimum Gasteiger partial charge on any atom is -0.496 e. The average Bonchev–Trinajstić information content (AvgIpc) is 3.83. The highest BCUT2D eigenvalue weighted by Gasteiger charge is 2.28. The van der Waals surface area contributed by atoms with E-state index in [0.29, 0.717) is 84.9 Å². The number of imidazole rings is 1. The number of nitrogens with two attached hydrogens (primary N) is 1. The summed E-state index contributed by atoms with van der Waals surface area (Å²) in [5.74, 6) is 5.75. The van der Waals surface area contributed by atoms with E-state index < -0.39 is 5.82 Å². The lowest BCUT2D eigenvalue weighted by molar-refractivity contribution is -0.130. The Kier molecular flexibility index (Phi) is 9.23. The van der Waals surface area contributed by atoms with E-state index in [0.717, 1.165) is 16.9 Å². The highest BCUT2D eigenvalue weighted by Crippen LogP contribution is 2.40. The van der Waals surface area contributed by atoms with Crippen LogP contribution in [0.1, 0.15) is 31.7 Å². The third-order valence-corrected chi connectivity index (χ3v) is 9.20. The number of nitrogens with zero attached hydrogens (tertiary/aromatic N) is 7. The summed E-state index contributed by atoms with van der Waals surface area (Å²) in [5.41, 5.74) is 4.57. The number of hydrogen-bond acceptors (Lipinski definition) is 9. The van der Waals surface area contributed by atoms with Crippen LogP contribution in [0.5, 0.6) is 5.75 Å². The van der Waals surface area contributed by atoms with Crippen molar-refractivity contribution in [1.29, 1.82) is 0 Å². The Labute approximate surface area is 290 Å². The maximum absolute atomic E-state index is 16.6. The Morgan fingerprint density at radius 2 is 1.88 bits per heavy atom. The number of hydrazone groups is 1. The predicted octanol–water partition coefficient (Wildman–Crippen LogP) is 4.73. The minimum absolute atomic E-state index is 0. The first-order valence-electron chi connectivity index (χ1n) is 16.5. The van der Waals surface area contributed by atoms with Crippen LogP contribution in [0.2, 0.25) is 0 Å². The van der Waals surface area contributed by atoms with Crippen LogP contribution in [-0.4, -0.2) is 107 Å². The largest absolute Gasteiger partial charge is 0.496 e. The Morgan fingerprint density at radius 3 is 2.70 bits per heavy atom. The lowest BCUT2D eigenvalue weighted by Gasteiger charge is -2.35. The number of aromatic amines is 2. The summed E-state index contributed by atoms with van der Waals surface area (Å²) in [6.45, 7) is 3.22. The van der Waals surface area contributed by atoms with Gasteiger partial charge >= 0.3 is 0 Å². The molecule has 2 aliphatic heterocycles. The lowest BCUT2D eigenvalue weighted by atomic mass is 9.93. The Bertz CT molecular complexity index is 2160. The van der Waals surface area contributed by atoms with Crippen molar-refractivity contribution in [2.24, 2.45) is 15.9 Å². The number of rotatable bonds is 9. The van der Waals surface area contributed by atoms with Gasteiger partial charge in [0.2, 0.25) is 5.91 Å². The zero-order chi connectivity index (χ0) is 34.6. The number of para-hydroxylation sites is 1. The van der Waals surface area contributed by atoms with Gasteiger partial charge in [0.15, 0.2) is 11.5 Å². The molecule has 2 aliphatic rings. The van der Waals surface area contributed by atoms with Gasteiger partial charge in [0, 0.05) is 77.8 Å². The Morgan fingerprint density at radius 1 is 1.04 bits per heavy atom. The molecule has 13 nitrogen and oxygen atoms in total. The van der Waals surface area contributed by atoms with Crippen LogP contribution in [0.4, 0.5) is 10.2 Å². The first-order valence-corrected chi connectivity index (χ1v) is 16.5. The maximum atomic E-state index is 16.6. The van der Waals surface area contributed by atoms with Crippen LogP contribution in [0.3, 0.4) is 0 Å². The monoisotopic (exact) mass is 680 g/mol. The quantitative estimate of drug-likeness (QED) is 0.115. The standard InChI is InChI=1S/C36H37FN10O3.2H2/c1-50-30-7-3-2-6-24(30)26-19-25(23-5-4-14-47(21-23)32(48)10-11-39-12-13-42-38)33(37)34-27(26)20-29(43-34)36(49)46-17-15-45(16-18-46)31-9-8-28-35(44-31)41-22-40-28;;/h2-3,5-9,12-13,19-20,22,43H,4,10-11,14-18,21,38H2,1H3,(H,40,41,44);2*1H/b39-12?,42-13-;;. The second kappa shape index (κ2) is 14.2. The fraction of sp³-hybridized carbons (Fsp3) is 0.278. The van der Waals surface area contributed by atoms with Gasteiger partial charge in [-0.3, -0.25) is 14.6 Å². The zero-order valence-corrected chi connectivity index (χ0v) is 27.6. The van der Waals surface area contributed by atoms with E-state index in [9.17, 15) is 9.59 Å². The molecule has 0 bridgehead atoms. The fourth-order valence-electron chi connectivity index (χ4n) is 6.63. The summed E-state index contributed by atoms with van der Waals surface area (Å²) in [5, 5.41) is 3.93. The number of ether oxygens (including phenoxy) is 1. The molecule has 3 aromatic heterocycles. The van der Waals surface area contributed by atoms with Gasteiger partial charge in [-0.25, -0.2) is 14.4 Å². The molecular formula is C36H41FN10O3. The number of aromatic nitrogens is 4. The molecule has 1 saturated heterocycles. The molecule has 2 amide bonds. The number of piperazine rings is 1. The van der Waals surface area contributed by atoms with Crippen LogP contribution in [-0.2, 0) is 4.79 Å². The minimum atomic E-state index is -0.478. The SMILES string of the molecule is COc1ccccc1-c1cc(C2=CCCN(C(=O)CCN=C/C=N\N)C2)c(F)c2[nH]c(C(=O)N3CCN(c4ccc5[nH]cnc5n4)CC3)cc12.[HH].[HH]. The van der Waals surface area contributed by atoms with Gasteiger partial charge in [0.05, 0.1) is 30.7 Å². The average molecular weight is 681 g/mol. The maximum Gasteiger partial charge on any atom is 0.270 e. The van der Waals surface area contributed by atoms with Gasteiger partial charge in [-0.05, 0) is 47.9 Å². The van der Waals surface area contributed by atoms with E-state index in [2.05, 4.69) is 34.9 Å². The van der Waals surface area contributed by atoms with E-state index in [1.54, 1.807) is 35.4 Å². The summed E-state index contributed by atoms with van der Waals surface area (Å²) < 4.78 is 22.3. The topological polar surface area (TPSA) is 161 Å². The highest BCUT2D eigenvalue weighted by molar-refractivity contribution is 6.15. The summed E-state index contributed by atoms with van der Waals surface area (Å²) >= 11 is 0. The van der Waals surface area contributed by atoms with Crippen molar-refractivity contribution < 1.29 is 21.6 Å². The lowest BCUT2D eigenvalue weighted by Crippen LogP contribution is -2.49. The van der Waals surface area contributed by atoms with Gasteiger partial charge in [0.1, 0.15) is 17.3 Å². The first kappa shape index (κ1) is 32.5. The smallest absolute Gasteiger partial charge is 0.270 e. The predicted molar refractivity (Wildman–Crippen MR) is 196 cm³/mol. The van der Waals surface area contributed by atoms with Gasteiger partial charge in [-0.15, -0.1) is 0 Å². The van der Waals surface area contributed by atoms with Crippen LogP contribution in [0.25, 0.3) is 38.8 Å². The number of benzene rings is 2. The molecule has 1 fully saturated rings. The number of halogens is 1. The molecule has 260 valence electrons. The van der Waals surface area contributed by atoms with Crippen LogP contribution in [0.15, 0.2) is 71.0 Å². The molecule has 4 N–H and O–H groups in total. The molecule has 0 saturated carbocycles. The highest BCUT2D eigenvalue weighted by atomic mass is 19.1. The number of carbonyl (C=O) groups excluding carboxylic acids is 2. The number of anilines is 1. The molecule has 14 heteroatoms. The zero-order valence-electron chi connectivity index (χ0n) is 27.6. The number of pyridine rings is 1. The molecular weight excluding hydrogens is 639 g/mol. The third-order valence-electron chi connectivity index (χ3n) is 9.20. The number of nitrogens with one attached hydrogen (secondary N) is 2. The molecule has 0 atom stereocenters. The summed E-state index contributed by atoms with van der Waals surface area (Å²) in [6, 6.07) is 15.0. The number of aliphatic imine (C=N–C) groups is 1. The number of fused-ring (bicyclic) bond motifs is 2. The normalized spacial score (nSPS) is 15.5. The van der Waals surface area contributed by atoms with E-state index in [4.69, 9.17) is 10.6 Å². The van der Waals surface area contributed by atoms with Crippen LogP contribution < -0.4 is 15.5 Å². The van der Waals surface area contributed by atoms with Gasteiger partial charge in [0.25, 0.3) is 5.91 Å². The van der Waals surface area contributed by atoms with Crippen molar-refractivity contribution in [3.8, 4) is 16.9 Å². The Hall–Kier alpha value is -6.05. The fourth-order valence-corrected chi connectivity index (χ4v) is 6.63. The number of methoxy groups -OCH3 is 1. The van der Waals surface area contributed by atoms with Crippen molar-refractivity contribution in [3.05, 3.63) is 78.0 Å². The van der Waals surface area contributed by atoms with E-state index in [-0.39, 0.29) is 33.1 Å². The van der Waals surface area contributed by atoms with Crippen LogP contribution >= 0.6 is 0 Å². The molecule has 0 radical (unpaired) electrons. The number of H-pyrrole nitrogens is 2. The second-order valence-electron chi connectivity index (χ2n) is 12.1. The van der Waals surface area contributed by atoms with E-state index >= 15 is 4.39 Å².